The van der Waals surface area contributed by atoms with E-state index in [1.165, 1.54) is 35.1 Å². The van der Waals surface area contributed by atoms with Crippen molar-refractivity contribution >= 4 is 5.78 Å². The van der Waals surface area contributed by atoms with Crippen molar-refractivity contribution in [2.24, 2.45) is 0 Å². The second-order valence-corrected chi connectivity index (χ2v) is 10.7. The summed E-state index contributed by atoms with van der Waals surface area (Å²) in [6.07, 6.45) is 9.05. The van der Waals surface area contributed by atoms with Crippen LogP contribution >= 0.6 is 0 Å². The zero-order valence-corrected chi connectivity index (χ0v) is 22.0. The number of unbranched alkanes of at least 4 members (excludes halogenated alkanes) is 6. The number of aryl methyl sites for hydroxylation is 2. The van der Waals surface area contributed by atoms with Gasteiger partial charge in [-0.15, -0.1) is 0 Å². The number of aromatic hydroxyl groups is 2. The summed E-state index contributed by atoms with van der Waals surface area (Å²) in [5, 5.41) is 20.5. The van der Waals surface area contributed by atoms with Crippen molar-refractivity contribution in [3.8, 4) is 17.2 Å². The zero-order valence-electron chi connectivity index (χ0n) is 22.0. The van der Waals surface area contributed by atoms with Crippen LogP contribution in [0.2, 0.25) is 0 Å². The number of phenolic OH excluding ortho intramolecular Hbond substituents is 2. The van der Waals surface area contributed by atoms with Gasteiger partial charge in [0.05, 0.1) is 0 Å². The highest BCUT2D eigenvalue weighted by Crippen LogP contribution is 2.56. The Hall–Kier alpha value is -2.79. The van der Waals surface area contributed by atoms with Crippen molar-refractivity contribution in [2.45, 2.75) is 90.1 Å². The van der Waals surface area contributed by atoms with E-state index < -0.39 is 5.60 Å². The van der Waals surface area contributed by atoms with Crippen molar-refractivity contribution in [1.29, 1.82) is 0 Å². The lowest BCUT2D eigenvalue weighted by Gasteiger charge is -2.40. The average molecular weight is 493 g/mol. The van der Waals surface area contributed by atoms with Gasteiger partial charge in [0.1, 0.15) is 12.2 Å². The molecule has 4 rings (SSSR count). The van der Waals surface area contributed by atoms with E-state index in [-0.39, 0.29) is 23.2 Å². The summed E-state index contributed by atoms with van der Waals surface area (Å²) in [5.74, 6) is 0.162. The average Bonchev–Trinajstić information content (AvgIpc) is 3.16. The Balaban J connectivity index is 1.34. The van der Waals surface area contributed by atoms with Crippen molar-refractivity contribution in [2.75, 3.05) is 13.2 Å². The molecule has 0 aromatic heterocycles. The first-order chi connectivity index (χ1) is 17.2. The van der Waals surface area contributed by atoms with Gasteiger partial charge >= 0.3 is 0 Å². The van der Waals surface area contributed by atoms with E-state index in [0.29, 0.717) is 31.0 Å². The third kappa shape index (κ3) is 5.31. The van der Waals surface area contributed by atoms with E-state index in [1.807, 2.05) is 6.07 Å². The first kappa shape index (κ1) is 26.3. The molecule has 5 nitrogen and oxygen atoms in total. The van der Waals surface area contributed by atoms with Crippen LogP contribution in [-0.4, -0.2) is 34.8 Å². The molecule has 0 saturated heterocycles. The molecular formula is C31H40O5. The number of ketones is 1. The second-order valence-electron chi connectivity index (χ2n) is 10.7. The summed E-state index contributed by atoms with van der Waals surface area (Å²) in [5.41, 5.74) is 6.05. The third-order valence-corrected chi connectivity index (χ3v) is 7.91. The number of rotatable bonds is 12. The highest BCUT2D eigenvalue weighted by molar-refractivity contribution is 5.93. The number of ether oxygens (including phenoxy) is 2. The van der Waals surface area contributed by atoms with E-state index >= 15 is 0 Å². The van der Waals surface area contributed by atoms with Gasteiger partial charge in [-0.05, 0) is 67.5 Å². The number of allylic oxidation sites excluding steroid dienone is 1. The van der Waals surface area contributed by atoms with Gasteiger partial charge in [-0.2, -0.15) is 0 Å². The predicted molar refractivity (Wildman–Crippen MR) is 142 cm³/mol. The minimum atomic E-state index is -0.505. The maximum absolute atomic E-state index is 11.6. The molecule has 0 fully saturated rings. The number of phenols is 2. The predicted octanol–water partition coefficient (Wildman–Crippen LogP) is 6.82. The molecule has 194 valence electrons. The van der Waals surface area contributed by atoms with E-state index in [2.05, 4.69) is 32.6 Å². The molecule has 5 heteroatoms. The lowest BCUT2D eigenvalue weighted by Crippen LogP contribution is -2.46. The molecule has 2 N–H and O–H groups in total. The molecule has 0 bridgehead atoms. The first-order valence-electron chi connectivity index (χ1n) is 13.3. The van der Waals surface area contributed by atoms with Crippen LogP contribution in [-0.2, 0) is 16.0 Å². The molecule has 2 aliphatic rings. The maximum Gasteiger partial charge on any atom is 0.200 e. The minimum Gasteiger partial charge on any atom is -0.504 e. The van der Waals surface area contributed by atoms with Crippen LogP contribution in [0.4, 0.5) is 0 Å². The van der Waals surface area contributed by atoms with Crippen molar-refractivity contribution < 1.29 is 24.5 Å². The largest absolute Gasteiger partial charge is 0.504 e. The first-order valence-corrected chi connectivity index (χ1v) is 13.3. The van der Waals surface area contributed by atoms with Gasteiger partial charge < -0.3 is 19.7 Å². The standard InChI is InChI=1S/C31H40O5/c1-20(2)26(32)12-10-8-6-5-7-9-11-15-36-31-18-23-16-21(3)22(4)17-25(23)28(31)24-13-14-27(33)29(34)30(24)35-19-31/h13-14,16-17,28,33-34H,1,5-12,15,18-19H2,2-4H3. The van der Waals surface area contributed by atoms with Crippen molar-refractivity contribution in [3.05, 3.63) is 64.2 Å². The fourth-order valence-corrected chi connectivity index (χ4v) is 5.70. The monoisotopic (exact) mass is 492 g/mol. The van der Waals surface area contributed by atoms with Crippen LogP contribution in [0.5, 0.6) is 17.2 Å². The van der Waals surface area contributed by atoms with Crippen LogP contribution in [0.1, 0.15) is 92.0 Å². The molecule has 0 spiro atoms. The van der Waals surface area contributed by atoms with Crippen molar-refractivity contribution in [3.63, 3.8) is 0 Å². The normalized spacial score (nSPS) is 19.8. The lowest BCUT2D eigenvalue weighted by atomic mass is 9.79. The highest BCUT2D eigenvalue weighted by atomic mass is 16.5. The maximum atomic E-state index is 11.6. The van der Waals surface area contributed by atoms with Crippen LogP contribution in [0.15, 0.2) is 36.4 Å². The van der Waals surface area contributed by atoms with Gasteiger partial charge in [-0.3, -0.25) is 4.79 Å². The molecule has 1 aliphatic carbocycles. The number of hydrogen-bond donors (Lipinski definition) is 2. The molecule has 2 unspecified atom stereocenters. The summed E-state index contributed by atoms with van der Waals surface area (Å²) in [6, 6.07) is 7.92. The Labute approximate surface area is 215 Å². The molecule has 1 heterocycles. The van der Waals surface area contributed by atoms with E-state index in [0.717, 1.165) is 44.1 Å². The van der Waals surface area contributed by atoms with Crippen LogP contribution in [0.3, 0.4) is 0 Å². The summed E-state index contributed by atoms with van der Waals surface area (Å²) in [7, 11) is 0. The lowest BCUT2D eigenvalue weighted by molar-refractivity contribution is -0.115. The Morgan fingerprint density at radius 1 is 1.03 bits per heavy atom. The Morgan fingerprint density at radius 2 is 1.69 bits per heavy atom. The smallest absolute Gasteiger partial charge is 0.200 e. The quantitative estimate of drug-likeness (QED) is 0.193. The Bertz CT molecular complexity index is 1130. The molecule has 2 aromatic carbocycles. The third-order valence-electron chi connectivity index (χ3n) is 7.91. The Kier molecular flexibility index (Phi) is 8.09. The number of fused-ring (bicyclic) bond motifs is 5. The van der Waals surface area contributed by atoms with Crippen LogP contribution in [0, 0.1) is 13.8 Å². The number of carbonyl (C=O) groups excluding carboxylic acids is 1. The Morgan fingerprint density at radius 3 is 2.42 bits per heavy atom. The summed E-state index contributed by atoms with van der Waals surface area (Å²) < 4.78 is 12.7. The summed E-state index contributed by atoms with van der Waals surface area (Å²) in [6.45, 7) is 10.8. The molecule has 2 atom stereocenters. The number of hydrogen-bond acceptors (Lipinski definition) is 5. The van der Waals surface area contributed by atoms with Gasteiger partial charge in [0, 0.05) is 30.9 Å². The van der Waals surface area contributed by atoms with Gasteiger partial charge in [-0.25, -0.2) is 0 Å². The van der Waals surface area contributed by atoms with Gasteiger partial charge in [0.15, 0.2) is 17.3 Å². The van der Waals surface area contributed by atoms with Gasteiger partial charge in [0.25, 0.3) is 0 Å². The summed E-state index contributed by atoms with van der Waals surface area (Å²) in [4.78, 5) is 11.6. The molecule has 0 saturated carbocycles. The van der Waals surface area contributed by atoms with E-state index in [4.69, 9.17) is 9.47 Å². The second kappa shape index (κ2) is 11.1. The number of Topliss-reactive ketones (excluding diaryl/α,β-unsaturated/α-hetero) is 1. The molecule has 2 aromatic rings. The highest BCUT2D eigenvalue weighted by Gasteiger charge is 2.52. The minimum absolute atomic E-state index is 0.0380. The topological polar surface area (TPSA) is 76.0 Å². The van der Waals surface area contributed by atoms with Crippen LogP contribution < -0.4 is 4.74 Å². The van der Waals surface area contributed by atoms with Gasteiger partial charge in [-0.1, -0.05) is 56.9 Å². The molecule has 36 heavy (non-hydrogen) atoms. The van der Waals surface area contributed by atoms with Gasteiger partial charge in [0.2, 0.25) is 5.75 Å². The van der Waals surface area contributed by atoms with Crippen molar-refractivity contribution in [1.82, 2.24) is 0 Å². The summed E-state index contributed by atoms with van der Waals surface area (Å²) >= 11 is 0. The fourth-order valence-electron chi connectivity index (χ4n) is 5.70. The molecule has 0 radical (unpaired) electrons. The number of benzene rings is 2. The molecular weight excluding hydrogens is 452 g/mol. The zero-order chi connectivity index (χ0) is 25.9. The SMILES string of the molecule is C=C(C)C(=O)CCCCCCCCCOC12COc3c(ccc(O)c3O)C1c1cc(C)c(C)cc1C2. The van der Waals surface area contributed by atoms with E-state index in [1.54, 1.807) is 13.0 Å². The molecule has 0 amide bonds. The fraction of sp³-hybridized carbons (Fsp3) is 0.516. The molecule has 1 aliphatic heterocycles. The van der Waals surface area contributed by atoms with Crippen LogP contribution in [0.25, 0.3) is 0 Å². The number of carbonyl (C=O) groups is 1. The van der Waals surface area contributed by atoms with E-state index in [9.17, 15) is 15.0 Å².